The molecule has 2 rings (SSSR count). The minimum Gasteiger partial charge on any atom is -0.381 e. The summed E-state index contributed by atoms with van der Waals surface area (Å²) in [5.41, 5.74) is 0.953. The maximum Gasteiger partial charge on any atom is 0.165 e. The molecule has 1 aromatic rings. The fourth-order valence-electron chi connectivity index (χ4n) is 1.33. The van der Waals surface area contributed by atoms with Crippen molar-refractivity contribution in [3.05, 3.63) is 21.4 Å². The van der Waals surface area contributed by atoms with Gasteiger partial charge in [0, 0.05) is 12.5 Å². The van der Waals surface area contributed by atoms with Gasteiger partial charge in [-0.1, -0.05) is 11.6 Å². The zero-order valence-corrected chi connectivity index (χ0v) is 9.18. The third kappa shape index (κ3) is 2.00. The van der Waals surface area contributed by atoms with Crippen LogP contribution in [0.2, 0.25) is 5.15 Å². The highest BCUT2D eigenvalue weighted by molar-refractivity contribution is 9.10. The summed E-state index contributed by atoms with van der Waals surface area (Å²) >= 11 is 9.05. The highest BCUT2D eigenvalue weighted by Gasteiger charge is 2.20. The minimum absolute atomic E-state index is 0.376. The lowest BCUT2D eigenvalue weighted by Crippen LogP contribution is -2.02. The van der Waals surface area contributed by atoms with E-state index in [9.17, 15) is 0 Å². The first-order valence-corrected chi connectivity index (χ1v) is 5.21. The van der Waals surface area contributed by atoms with Crippen LogP contribution in [0, 0.1) is 0 Å². The van der Waals surface area contributed by atoms with Crippen molar-refractivity contribution >= 4 is 27.5 Å². The van der Waals surface area contributed by atoms with Gasteiger partial charge in [-0.15, -0.1) is 5.10 Å². The number of aromatic nitrogens is 2. The average molecular weight is 264 g/mol. The lowest BCUT2D eigenvalue weighted by Gasteiger charge is -2.05. The van der Waals surface area contributed by atoms with E-state index < -0.39 is 0 Å². The molecule has 1 unspecified atom stereocenters. The largest absolute Gasteiger partial charge is 0.381 e. The van der Waals surface area contributed by atoms with Crippen molar-refractivity contribution < 1.29 is 4.74 Å². The Kier molecular flexibility index (Phi) is 2.81. The molecule has 0 N–H and O–H groups in total. The van der Waals surface area contributed by atoms with Crippen LogP contribution in [-0.2, 0) is 4.74 Å². The molecule has 0 radical (unpaired) electrons. The zero-order chi connectivity index (χ0) is 9.26. The van der Waals surface area contributed by atoms with Crippen LogP contribution in [0.25, 0.3) is 0 Å². The van der Waals surface area contributed by atoms with Crippen LogP contribution < -0.4 is 0 Å². The van der Waals surface area contributed by atoms with E-state index in [1.165, 1.54) is 0 Å². The molecular weight excluding hydrogens is 255 g/mol. The standard InChI is InChI=1S/C8H8BrClN2O/c9-6-3-7(11-12-8(6)10)5-1-2-13-4-5/h3,5H,1-2,4H2. The van der Waals surface area contributed by atoms with E-state index in [1.54, 1.807) is 0 Å². The van der Waals surface area contributed by atoms with E-state index in [4.69, 9.17) is 16.3 Å². The average Bonchev–Trinajstić information content (AvgIpc) is 2.62. The SMILES string of the molecule is Clc1nnc(C2CCOC2)cc1Br. The lowest BCUT2D eigenvalue weighted by molar-refractivity contribution is 0.193. The quantitative estimate of drug-likeness (QED) is 0.780. The van der Waals surface area contributed by atoms with Crippen LogP contribution in [0.5, 0.6) is 0 Å². The molecule has 13 heavy (non-hydrogen) atoms. The molecule has 1 aliphatic heterocycles. The second-order valence-corrected chi connectivity index (χ2v) is 4.18. The van der Waals surface area contributed by atoms with Gasteiger partial charge in [-0.3, -0.25) is 0 Å². The van der Waals surface area contributed by atoms with Gasteiger partial charge < -0.3 is 4.74 Å². The Morgan fingerprint density at radius 1 is 1.54 bits per heavy atom. The Bertz CT molecular complexity index is 315. The Morgan fingerprint density at radius 3 is 3.00 bits per heavy atom. The summed E-state index contributed by atoms with van der Waals surface area (Å²) in [6.45, 7) is 1.55. The molecule has 1 saturated heterocycles. The Labute approximate surface area is 89.6 Å². The van der Waals surface area contributed by atoms with E-state index in [0.717, 1.165) is 29.8 Å². The minimum atomic E-state index is 0.376. The van der Waals surface area contributed by atoms with E-state index in [1.807, 2.05) is 6.07 Å². The third-order valence-corrected chi connectivity index (χ3v) is 3.18. The van der Waals surface area contributed by atoms with Gasteiger partial charge in [-0.25, -0.2) is 0 Å². The van der Waals surface area contributed by atoms with Crippen LogP contribution in [0.1, 0.15) is 18.0 Å². The Balaban J connectivity index is 2.25. The molecule has 2 heterocycles. The van der Waals surface area contributed by atoms with Gasteiger partial charge in [-0.2, -0.15) is 5.10 Å². The molecule has 0 bridgehead atoms. The summed E-state index contributed by atoms with van der Waals surface area (Å²) in [5.74, 6) is 0.376. The third-order valence-electron chi connectivity index (χ3n) is 2.07. The summed E-state index contributed by atoms with van der Waals surface area (Å²) < 4.78 is 6.06. The summed E-state index contributed by atoms with van der Waals surface area (Å²) in [5, 5.41) is 8.27. The Morgan fingerprint density at radius 2 is 2.38 bits per heavy atom. The van der Waals surface area contributed by atoms with Gasteiger partial charge in [0.25, 0.3) is 0 Å². The molecule has 1 atom stereocenters. The fourth-order valence-corrected chi connectivity index (χ4v) is 1.74. The smallest absolute Gasteiger partial charge is 0.165 e. The zero-order valence-electron chi connectivity index (χ0n) is 6.83. The monoisotopic (exact) mass is 262 g/mol. The van der Waals surface area contributed by atoms with Crippen molar-refractivity contribution in [3.8, 4) is 0 Å². The summed E-state index contributed by atoms with van der Waals surface area (Å²) in [6.07, 6.45) is 1.02. The first kappa shape index (κ1) is 9.37. The molecule has 0 aliphatic carbocycles. The van der Waals surface area contributed by atoms with Crippen LogP contribution in [0.3, 0.4) is 0 Å². The highest BCUT2D eigenvalue weighted by Crippen LogP contribution is 2.27. The van der Waals surface area contributed by atoms with E-state index in [2.05, 4.69) is 26.1 Å². The second-order valence-electron chi connectivity index (χ2n) is 2.97. The number of halogens is 2. The second kappa shape index (κ2) is 3.90. The van der Waals surface area contributed by atoms with Crippen molar-refractivity contribution in [2.24, 2.45) is 0 Å². The van der Waals surface area contributed by atoms with Crippen LogP contribution >= 0.6 is 27.5 Å². The molecule has 1 aliphatic rings. The maximum atomic E-state index is 5.74. The highest BCUT2D eigenvalue weighted by atomic mass is 79.9. The van der Waals surface area contributed by atoms with Gasteiger partial charge in [-0.05, 0) is 28.4 Å². The molecular formula is C8H8BrClN2O. The van der Waals surface area contributed by atoms with Gasteiger partial charge in [0.1, 0.15) is 0 Å². The van der Waals surface area contributed by atoms with Gasteiger partial charge in [0.05, 0.1) is 16.8 Å². The fraction of sp³-hybridized carbons (Fsp3) is 0.500. The number of hydrogen-bond acceptors (Lipinski definition) is 3. The van der Waals surface area contributed by atoms with E-state index >= 15 is 0 Å². The number of hydrogen-bond donors (Lipinski definition) is 0. The van der Waals surface area contributed by atoms with Gasteiger partial charge in [0.2, 0.25) is 0 Å². The molecule has 1 aromatic heterocycles. The molecule has 0 aromatic carbocycles. The van der Waals surface area contributed by atoms with Gasteiger partial charge >= 0.3 is 0 Å². The molecule has 1 fully saturated rings. The maximum absolute atomic E-state index is 5.74. The van der Waals surface area contributed by atoms with Crippen LogP contribution in [0.15, 0.2) is 10.5 Å². The summed E-state index contributed by atoms with van der Waals surface area (Å²) in [7, 11) is 0. The molecule has 5 heteroatoms. The predicted octanol–water partition coefficient (Wildman–Crippen LogP) is 2.40. The number of rotatable bonds is 1. The lowest BCUT2D eigenvalue weighted by atomic mass is 10.1. The van der Waals surface area contributed by atoms with E-state index in [0.29, 0.717) is 11.1 Å². The van der Waals surface area contributed by atoms with Crippen molar-refractivity contribution in [2.45, 2.75) is 12.3 Å². The molecule has 0 amide bonds. The van der Waals surface area contributed by atoms with Crippen molar-refractivity contribution in [1.29, 1.82) is 0 Å². The van der Waals surface area contributed by atoms with Crippen LogP contribution in [0.4, 0.5) is 0 Å². The van der Waals surface area contributed by atoms with E-state index in [-0.39, 0.29) is 0 Å². The van der Waals surface area contributed by atoms with Gasteiger partial charge in [0.15, 0.2) is 5.15 Å². The Hall–Kier alpha value is -0.190. The number of ether oxygens (including phenoxy) is 1. The molecule has 0 saturated carbocycles. The topological polar surface area (TPSA) is 35.0 Å². The van der Waals surface area contributed by atoms with Crippen molar-refractivity contribution in [1.82, 2.24) is 10.2 Å². The molecule has 70 valence electrons. The first-order valence-electron chi connectivity index (χ1n) is 4.04. The number of nitrogens with zero attached hydrogens (tertiary/aromatic N) is 2. The van der Waals surface area contributed by atoms with Crippen molar-refractivity contribution in [2.75, 3.05) is 13.2 Å². The van der Waals surface area contributed by atoms with Crippen molar-refractivity contribution in [3.63, 3.8) is 0 Å². The summed E-state index contributed by atoms with van der Waals surface area (Å²) in [4.78, 5) is 0. The molecule has 0 spiro atoms. The summed E-state index contributed by atoms with van der Waals surface area (Å²) in [6, 6.07) is 1.91. The normalized spacial score (nSPS) is 22.2. The predicted molar refractivity (Wildman–Crippen MR) is 52.9 cm³/mol. The van der Waals surface area contributed by atoms with Crippen LogP contribution in [-0.4, -0.2) is 23.4 Å². The molecule has 3 nitrogen and oxygen atoms in total. The first-order chi connectivity index (χ1) is 6.27.